The third-order valence-electron chi connectivity index (χ3n) is 3.17. The Balaban J connectivity index is 2.25. The maximum absolute atomic E-state index is 11.1. The van der Waals surface area contributed by atoms with Crippen LogP contribution in [0.15, 0.2) is 38.9 Å². The summed E-state index contributed by atoms with van der Waals surface area (Å²) in [6.07, 6.45) is 1.24. The van der Waals surface area contributed by atoms with Gasteiger partial charge in [-0.05, 0) is 37.6 Å². The van der Waals surface area contributed by atoms with Crippen LogP contribution in [0.2, 0.25) is 0 Å². The van der Waals surface area contributed by atoms with Gasteiger partial charge in [-0.3, -0.25) is 10.1 Å². The number of hydrogen-bond acceptors (Lipinski definition) is 6. The van der Waals surface area contributed by atoms with Crippen molar-refractivity contribution in [1.82, 2.24) is 5.43 Å². The van der Waals surface area contributed by atoms with E-state index in [-0.39, 0.29) is 5.69 Å². The molecular formula is C14H14N6O5. The molecule has 0 saturated carbocycles. The van der Waals surface area contributed by atoms with E-state index in [0.29, 0.717) is 22.6 Å². The molecule has 11 heteroatoms. The summed E-state index contributed by atoms with van der Waals surface area (Å²) in [4.78, 5) is 20.8. The molecule has 0 saturated heterocycles. The Kier molecular flexibility index (Phi) is 5.07. The maximum Gasteiger partial charge on any atom is 0.286 e. The van der Waals surface area contributed by atoms with Gasteiger partial charge in [-0.25, -0.2) is 15.5 Å². The number of nitro benzene ring substituents is 1. The van der Waals surface area contributed by atoms with Crippen molar-refractivity contribution < 1.29 is 14.4 Å². The topological polar surface area (TPSA) is 162 Å². The van der Waals surface area contributed by atoms with E-state index in [9.17, 15) is 20.2 Å². The van der Waals surface area contributed by atoms with Crippen LogP contribution < -0.4 is 11.2 Å². The van der Waals surface area contributed by atoms with Crippen LogP contribution in [-0.4, -0.2) is 22.1 Å². The first-order chi connectivity index (χ1) is 11.8. The van der Waals surface area contributed by atoms with E-state index >= 15 is 0 Å². The molecule has 0 spiro atoms. The molecule has 0 amide bonds. The predicted octanol–water partition coefficient (Wildman–Crippen LogP) is 1.90. The fraction of sp³-hybridized carbons (Fsp3) is 0.143. The van der Waals surface area contributed by atoms with Crippen LogP contribution in [0.5, 0.6) is 0 Å². The largest absolute Gasteiger partial charge is 0.455 e. The zero-order chi connectivity index (χ0) is 18.6. The average Bonchev–Trinajstić information content (AvgIpc) is 2.96. The minimum Gasteiger partial charge on any atom is -0.455 e. The highest BCUT2D eigenvalue weighted by Crippen LogP contribution is 2.32. The molecule has 0 aliphatic carbocycles. The molecule has 11 nitrogen and oxygen atoms in total. The molecule has 1 aromatic heterocycles. The molecule has 0 bridgehead atoms. The molecule has 1 heterocycles. The molecule has 0 unspecified atom stereocenters. The minimum absolute atomic E-state index is 0.00653. The first-order valence-corrected chi connectivity index (χ1v) is 6.91. The number of benzene rings is 1. The molecule has 3 N–H and O–H groups in total. The second kappa shape index (κ2) is 7.21. The molecular weight excluding hydrogens is 332 g/mol. The fourth-order valence-electron chi connectivity index (χ4n) is 2.12. The lowest BCUT2D eigenvalue weighted by Crippen LogP contribution is -2.28. The number of nitrogens with zero attached hydrogens (tertiary/aromatic N) is 4. The van der Waals surface area contributed by atoms with E-state index in [0.717, 1.165) is 5.56 Å². The standard InChI is InChI=1S/C14H14N6O5/c1-8-5-11(9(2)12(6-8)19(21)22)13-4-3-10(25-13)7-16-17-14(15)18-20(23)24/h3-7H,1-2H3,(H3,15,17,18)/b16-7+. The number of aryl methyl sites for hydroxylation is 1. The highest BCUT2D eigenvalue weighted by Gasteiger charge is 2.17. The Bertz CT molecular complexity index is 886. The lowest BCUT2D eigenvalue weighted by atomic mass is 10.0. The number of nitrogens with two attached hydrogens (primary N) is 1. The zero-order valence-corrected chi connectivity index (χ0v) is 13.3. The van der Waals surface area contributed by atoms with Gasteiger partial charge < -0.3 is 10.2 Å². The summed E-state index contributed by atoms with van der Waals surface area (Å²) >= 11 is 0. The van der Waals surface area contributed by atoms with Gasteiger partial charge >= 0.3 is 0 Å². The number of hydrogen-bond donors (Lipinski definition) is 2. The van der Waals surface area contributed by atoms with Gasteiger partial charge in [-0.2, -0.15) is 5.10 Å². The summed E-state index contributed by atoms with van der Waals surface area (Å²) in [6, 6.07) is 6.50. The van der Waals surface area contributed by atoms with Crippen LogP contribution in [0.3, 0.4) is 0 Å². The second-order valence-electron chi connectivity index (χ2n) is 5.01. The fourth-order valence-corrected chi connectivity index (χ4v) is 2.12. The third-order valence-corrected chi connectivity index (χ3v) is 3.17. The van der Waals surface area contributed by atoms with Crippen molar-refractivity contribution in [2.45, 2.75) is 13.8 Å². The molecule has 0 aliphatic heterocycles. The van der Waals surface area contributed by atoms with Crippen LogP contribution in [0.1, 0.15) is 16.9 Å². The maximum atomic E-state index is 11.1. The van der Waals surface area contributed by atoms with Gasteiger partial charge in [0.15, 0.2) is 5.03 Å². The van der Waals surface area contributed by atoms with E-state index in [4.69, 9.17) is 10.2 Å². The van der Waals surface area contributed by atoms with Gasteiger partial charge in [0.25, 0.3) is 11.6 Å². The Morgan fingerprint density at radius 1 is 1.28 bits per heavy atom. The van der Waals surface area contributed by atoms with Gasteiger partial charge in [-0.1, -0.05) is 0 Å². The van der Waals surface area contributed by atoms with E-state index in [1.807, 2.05) is 0 Å². The molecule has 1 aromatic carbocycles. The van der Waals surface area contributed by atoms with Gasteiger partial charge in [0.05, 0.1) is 11.1 Å². The summed E-state index contributed by atoms with van der Waals surface area (Å²) in [7, 11) is 0. The lowest BCUT2D eigenvalue weighted by molar-refractivity contribution is -0.485. The average molecular weight is 346 g/mol. The van der Waals surface area contributed by atoms with E-state index in [1.165, 1.54) is 12.3 Å². The van der Waals surface area contributed by atoms with Crippen molar-refractivity contribution in [3.05, 3.63) is 61.4 Å². The van der Waals surface area contributed by atoms with Crippen molar-refractivity contribution in [3.8, 4) is 11.3 Å². The lowest BCUT2D eigenvalue weighted by Gasteiger charge is -2.05. The molecule has 0 fully saturated rings. The summed E-state index contributed by atoms with van der Waals surface area (Å²) in [5.74, 6) is 0.260. The number of guanidine groups is 1. The van der Waals surface area contributed by atoms with Crippen LogP contribution in [0.4, 0.5) is 5.69 Å². The van der Waals surface area contributed by atoms with E-state index < -0.39 is 15.9 Å². The molecule has 0 aliphatic rings. The quantitative estimate of drug-likeness (QED) is 0.361. The Morgan fingerprint density at radius 3 is 2.64 bits per heavy atom. The monoisotopic (exact) mass is 346 g/mol. The first-order valence-electron chi connectivity index (χ1n) is 6.91. The smallest absolute Gasteiger partial charge is 0.286 e. The van der Waals surface area contributed by atoms with Crippen LogP contribution in [-0.2, 0) is 0 Å². The summed E-state index contributed by atoms with van der Waals surface area (Å²) < 4.78 is 5.58. The Labute approximate surface area is 141 Å². The first kappa shape index (κ1) is 17.6. The van der Waals surface area contributed by atoms with Crippen LogP contribution in [0.25, 0.3) is 11.3 Å². The van der Waals surface area contributed by atoms with Crippen molar-refractivity contribution in [1.29, 1.82) is 0 Å². The van der Waals surface area contributed by atoms with Gasteiger partial charge in [0, 0.05) is 17.2 Å². The van der Waals surface area contributed by atoms with Crippen LogP contribution in [0, 0.1) is 34.1 Å². The summed E-state index contributed by atoms with van der Waals surface area (Å²) in [5, 5.41) is 26.7. The van der Waals surface area contributed by atoms with Gasteiger partial charge in [0.2, 0.25) is 0 Å². The molecule has 2 rings (SSSR count). The van der Waals surface area contributed by atoms with Gasteiger partial charge in [-0.15, -0.1) is 0 Å². The number of rotatable bonds is 5. The van der Waals surface area contributed by atoms with Crippen molar-refractivity contribution in [2.24, 2.45) is 15.9 Å². The summed E-state index contributed by atoms with van der Waals surface area (Å²) in [5.41, 5.74) is 9.17. The SMILES string of the molecule is Cc1cc(-c2ccc(/C=N/N/C(N)=N/[N+](=O)[O-])o2)c(C)c([N+](=O)[O-])c1. The number of nitrogens with one attached hydrogen (secondary N) is 1. The normalized spacial score (nSPS) is 11.7. The van der Waals surface area contributed by atoms with Crippen molar-refractivity contribution in [3.63, 3.8) is 0 Å². The van der Waals surface area contributed by atoms with Crippen molar-refractivity contribution in [2.75, 3.05) is 0 Å². The molecule has 2 aromatic rings. The van der Waals surface area contributed by atoms with E-state index in [1.54, 1.807) is 32.0 Å². The number of nitro groups is 2. The highest BCUT2D eigenvalue weighted by molar-refractivity contribution is 5.81. The molecule has 0 radical (unpaired) electrons. The molecule has 0 atom stereocenters. The molecule has 130 valence electrons. The number of hydrazone groups is 2. The van der Waals surface area contributed by atoms with Crippen molar-refractivity contribution >= 4 is 17.9 Å². The Hall–Kier alpha value is -3.76. The minimum atomic E-state index is -0.962. The second-order valence-corrected chi connectivity index (χ2v) is 5.01. The number of furan rings is 1. The van der Waals surface area contributed by atoms with E-state index in [2.05, 4.69) is 15.6 Å². The Morgan fingerprint density at radius 2 is 2.00 bits per heavy atom. The third kappa shape index (κ3) is 4.37. The molecule has 25 heavy (non-hydrogen) atoms. The summed E-state index contributed by atoms with van der Waals surface area (Å²) in [6.45, 7) is 3.39. The van der Waals surface area contributed by atoms with Gasteiger partial charge in [0.1, 0.15) is 16.6 Å². The highest BCUT2D eigenvalue weighted by atomic mass is 16.7. The predicted molar refractivity (Wildman–Crippen MR) is 89.6 cm³/mol. The van der Waals surface area contributed by atoms with Crippen LogP contribution >= 0.6 is 0 Å². The zero-order valence-electron chi connectivity index (χ0n) is 13.3.